The molecule has 5 aromatic rings. The zero-order valence-corrected chi connectivity index (χ0v) is 23.6. The molecule has 0 aliphatic heterocycles. The SMILES string of the molecule is CC(C)(C)OC(=O)Nc1noc2ccc(CNC(=O)c3cncc(Cc4ccc(Cn5ccccc5=O)cc4)c3)cc12. The molecule has 0 saturated carbocycles. The number of ether oxygens (including phenoxy) is 1. The standard InChI is InChI=1S/C32H31N5O5/c1-32(2,3)41-31(40)35-29-26-16-23(11-12-27(26)42-36-29)18-34-30(39)25-15-24(17-33-19-25)14-21-7-9-22(10-8-21)20-37-13-5-4-6-28(37)38/h4-13,15-17,19H,14,18,20H2,1-3H3,(H,34,39)(H,35,36,40). The first kappa shape index (κ1) is 28.3. The van der Waals surface area contributed by atoms with Crippen LogP contribution in [0.5, 0.6) is 0 Å². The fourth-order valence-corrected chi connectivity index (χ4v) is 4.37. The maximum atomic E-state index is 12.9. The zero-order valence-electron chi connectivity index (χ0n) is 23.6. The van der Waals surface area contributed by atoms with Crippen LogP contribution in [0.4, 0.5) is 10.6 Å². The van der Waals surface area contributed by atoms with Crippen LogP contribution in [0.2, 0.25) is 0 Å². The zero-order chi connectivity index (χ0) is 29.7. The van der Waals surface area contributed by atoms with Gasteiger partial charge >= 0.3 is 6.09 Å². The molecule has 5 rings (SSSR count). The number of aromatic nitrogens is 3. The lowest BCUT2D eigenvalue weighted by Crippen LogP contribution is -2.27. The number of carbonyl (C=O) groups is 2. The van der Waals surface area contributed by atoms with Crippen LogP contribution in [0.3, 0.4) is 0 Å². The van der Waals surface area contributed by atoms with Crippen LogP contribution in [0.15, 0.2) is 94.6 Å². The average Bonchev–Trinajstić information content (AvgIpc) is 3.34. The smallest absolute Gasteiger partial charge is 0.413 e. The monoisotopic (exact) mass is 565 g/mol. The predicted molar refractivity (Wildman–Crippen MR) is 158 cm³/mol. The highest BCUT2D eigenvalue weighted by Crippen LogP contribution is 2.25. The Kier molecular flexibility index (Phi) is 8.14. The molecule has 0 unspecified atom stereocenters. The molecule has 42 heavy (non-hydrogen) atoms. The van der Waals surface area contributed by atoms with Crippen molar-refractivity contribution in [2.75, 3.05) is 5.32 Å². The summed E-state index contributed by atoms with van der Waals surface area (Å²) in [5.74, 6) is -0.0168. The quantitative estimate of drug-likeness (QED) is 0.261. The second kappa shape index (κ2) is 12.1. The van der Waals surface area contributed by atoms with Gasteiger partial charge in [-0.3, -0.25) is 19.9 Å². The fraction of sp³-hybridized carbons (Fsp3) is 0.219. The minimum Gasteiger partial charge on any atom is -0.444 e. The molecular formula is C32H31N5O5. The third-order valence-corrected chi connectivity index (χ3v) is 6.35. The largest absolute Gasteiger partial charge is 0.444 e. The normalized spacial score (nSPS) is 11.3. The van der Waals surface area contributed by atoms with E-state index in [0.717, 1.165) is 22.3 Å². The number of hydrogen-bond donors (Lipinski definition) is 2. The van der Waals surface area contributed by atoms with E-state index in [4.69, 9.17) is 9.26 Å². The molecule has 10 heteroatoms. The van der Waals surface area contributed by atoms with E-state index >= 15 is 0 Å². The Labute approximate surface area is 242 Å². The van der Waals surface area contributed by atoms with Gasteiger partial charge in [-0.25, -0.2) is 4.79 Å². The van der Waals surface area contributed by atoms with Crippen LogP contribution >= 0.6 is 0 Å². The van der Waals surface area contributed by atoms with Gasteiger partial charge in [-0.2, -0.15) is 0 Å². The van der Waals surface area contributed by atoms with Crippen LogP contribution in [0, 0.1) is 0 Å². The van der Waals surface area contributed by atoms with Crippen molar-refractivity contribution in [1.82, 2.24) is 20.0 Å². The minimum absolute atomic E-state index is 0.0401. The number of anilines is 1. The summed E-state index contributed by atoms with van der Waals surface area (Å²) in [6.07, 6.45) is 5.02. The number of rotatable bonds is 8. The molecule has 3 heterocycles. The van der Waals surface area contributed by atoms with E-state index in [2.05, 4.69) is 20.8 Å². The number of pyridine rings is 2. The maximum Gasteiger partial charge on any atom is 0.413 e. The first-order valence-electron chi connectivity index (χ1n) is 13.5. The van der Waals surface area contributed by atoms with E-state index in [1.807, 2.05) is 42.5 Å². The van der Waals surface area contributed by atoms with Gasteiger partial charge in [0.05, 0.1) is 17.5 Å². The van der Waals surface area contributed by atoms with Crippen LogP contribution in [-0.2, 0) is 24.2 Å². The summed E-state index contributed by atoms with van der Waals surface area (Å²) in [5, 5.41) is 10.0. The summed E-state index contributed by atoms with van der Waals surface area (Å²) in [6, 6.07) is 20.3. The van der Waals surface area contributed by atoms with E-state index in [1.54, 1.807) is 62.0 Å². The highest BCUT2D eigenvalue weighted by Gasteiger charge is 2.19. The molecule has 0 bridgehead atoms. The lowest BCUT2D eigenvalue weighted by Gasteiger charge is -2.19. The Morgan fingerprint density at radius 1 is 0.929 bits per heavy atom. The van der Waals surface area contributed by atoms with Crippen molar-refractivity contribution >= 4 is 28.8 Å². The Morgan fingerprint density at radius 3 is 2.45 bits per heavy atom. The van der Waals surface area contributed by atoms with Crippen molar-refractivity contribution in [3.05, 3.63) is 123 Å². The number of nitrogens with zero attached hydrogens (tertiary/aromatic N) is 3. The second-order valence-corrected chi connectivity index (χ2v) is 10.9. The summed E-state index contributed by atoms with van der Waals surface area (Å²) < 4.78 is 12.2. The van der Waals surface area contributed by atoms with Gasteiger partial charge in [-0.1, -0.05) is 41.6 Å². The van der Waals surface area contributed by atoms with Crippen molar-refractivity contribution in [1.29, 1.82) is 0 Å². The highest BCUT2D eigenvalue weighted by molar-refractivity contribution is 5.97. The summed E-state index contributed by atoms with van der Waals surface area (Å²) in [5.41, 5.74) is 4.04. The van der Waals surface area contributed by atoms with Gasteiger partial charge in [0.2, 0.25) is 0 Å². The Hall–Kier alpha value is -5.25. The minimum atomic E-state index is -0.651. The van der Waals surface area contributed by atoms with Crippen molar-refractivity contribution in [3.63, 3.8) is 0 Å². The summed E-state index contributed by atoms with van der Waals surface area (Å²) >= 11 is 0. The van der Waals surface area contributed by atoms with Crippen molar-refractivity contribution in [2.45, 2.75) is 45.9 Å². The van der Waals surface area contributed by atoms with Gasteiger partial charge in [0.1, 0.15) is 5.60 Å². The number of nitrogens with one attached hydrogen (secondary N) is 2. The molecule has 2 amide bonds. The Bertz CT molecular complexity index is 1780. The molecule has 10 nitrogen and oxygen atoms in total. The van der Waals surface area contributed by atoms with Crippen molar-refractivity contribution < 1.29 is 18.8 Å². The molecule has 0 spiro atoms. The topological polar surface area (TPSA) is 128 Å². The van der Waals surface area contributed by atoms with Crippen LogP contribution in [-0.4, -0.2) is 32.3 Å². The molecule has 0 fully saturated rings. The molecule has 2 N–H and O–H groups in total. The molecule has 214 valence electrons. The molecule has 0 aliphatic carbocycles. The van der Waals surface area contributed by atoms with Gasteiger partial charge in [-0.15, -0.1) is 0 Å². The molecular weight excluding hydrogens is 534 g/mol. The second-order valence-electron chi connectivity index (χ2n) is 10.9. The summed E-state index contributed by atoms with van der Waals surface area (Å²) in [7, 11) is 0. The van der Waals surface area contributed by atoms with Crippen LogP contribution in [0.1, 0.15) is 53.4 Å². The van der Waals surface area contributed by atoms with Gasteiger partial charge in [0.25, 0.3) is 11.5 Å². The Balaban J connectivity index is 1.20. The van der Waals surface area contributed by atoms with Crippen molar-refractivity contribution in [2.24, 2.45) is 0 Å². The molecule has 0 atom stereocenters. The first-order valence-corrected chi connectivity index (χ1v) is 13.5. The predicted octanol–water partition coefficient (Wildman–Crippen LogP) is 5.30. The lowest BCUT2D eigenvalue weighted by molar-refractivity contribution is 0.0634. The number of hydrogen-bond acceptors (Lipinski definition) is 7. The van der Waals surface area contributed by atoms with Crippen LogP contribution < -0.4 is 16.2 Å². The van der Waals surface area contributed by atoms with Gasteiger partial charge in [0, 0.05) is 31.2 Å². The average molecular weight is 566 g/mol. The maximum absolute atomic E-state index is 12.9. The van der Waals surface area contributed by atoms with Gasteiger partial charge < -0.3 is 19.1 Å². The third-order valence-electron chi connectivity index (χ3n) is 6.35. The number of carbonyl (C=O) groups excluding carboxylic acids is 2. The fourth-order valence-electron chi connectivity index (χ4n) is 4.37. The molecule has 0 radical (unpaired) electrons. The van der Waals surface area contributed by atoms with E-state index in [1.165, 1.54) is 6.20 Å². The van der Waals surface area contributed by atoms with Gasteiger partial charge in [-0.05, 0) is 73.7 Å². The van der Waals surface area contributed by atoms with Crippen LogP contribution in [0.25, 0.3) is 11.0 Å². The third kappa shape index (κ3) is 7.28. The number of benzene rings is 2. The van der Waals surface area contributed by atoms with Gasteiger partial charge in [0.15, 0.2) is 11.4 Å². The van der Waals surface area contributed by atoms with E-state index in [-0.39, 0.29) is 23.8 Å². The molecule has 0 saturated heterocycles. The first-order chi connectivity index (χ1) is 20.1. The Morgan fingerprint density at radius 2 is 1.69 bits per heavy atom. The van der Waals surface area contributed by atoms with Crippen molar-refractivity contribution in [3.8, 4) is 0 Å². The molecule has 3 aromatic heterocycles. The highest BCUT2D eigenvalue weighted by atomic mass is 16.6. The summed E-state index contributed by atoms with van der Waals surface area (Å²) in [6.45, 7) is 6.07. The lowest BCUT2D eigenvalue weighted by atomic mass is 10.0. The van der Waals surface area contributed by atoms with E-state index in [9.17, 15) is 14.4 Å². The van der Waals surface area contributed by atoms with E-state index in [0.29, 0.717) is 29.5 Å². The molecule has 0 aliphatic rings. The van der Waals surface area contributed by atoms with E-state index < -0.39 is 11.7 Å². The number of amides is 2. The molecule has 2 aromatic carbocycles. The number of fused-ring (bicyclic) bond motifs is 1. The summed E-state index contributed by atoms with van der Waals surface area (Å²) in [4.78, 5) is 41.4.